The summed E-state index contributed by atoms with van der Waals surface area (Å²) in [5, 5.41) is 1.16. The lowest BCUT2D eigenvalue weighted by Gasteiger charge is -2.26. The Morgan fingerprint density at radius 1 is 1.17 bits per heavy atom. The van der Waals surface area contributed by atoms with E-state index < -0.39 is 0 Å². The third-order valence-electron chi connectivity index (χ3n) is 2.20. The van der Waals surface area contributed by atoms with Crippen molar-refractivity contribution in [1.82, 2.24) is 0 Å². The number of rotatable bonds is 6. The number of halogens is 1. The minimum absolute atomic E-state index is 0.552. The molecular formula is C11H23Br. The van der Waals surface area contributed by atoms with Gasteiger partial charge >= 0.3 is 0 Å². The summed E-state index contributed by atoms with van der Waals surface area (Å²) in [4.78, 5) is 0. The number of hydrogen-bond donors (Lipinski definition) is 0. The SMILES string of the molecule is CC(C)CC(C)(C)CCCCBr. The van der Waals surface area contributed by atoms with Gasteiger partial charge in [-0.15, -0.1) is 0 Å². The van der Waals surface area contributed by atoms with Gasteiger partial charge in [0.2, 0.25) is 0 Å². The van der Waals surface area contributed by atoms with Crippen molar-refractivity contribution in [2.24, 2.45) is 11.3 Å². The highest BCUT2D eigenvalue weighted by Gasteiger charge is 2.18. The number of hydrogen-bond acceptors (Lipinski definition) is 0. The summed E-state index contributed by atoms with van der Waals surface area (Å²) in [6.45, 7) is 9.40. The second-order valence-corrected chi connectivity index (χ2v) is 5.70. The lowest BCUT2D eigenvalue weighted by atomic mass is 9.80. The standard InChI is InChI=1S/C11H23Br/c1-10(2)9-11(3,4)7-5-6-8-12/h10H,5-9H2,1-4H3. The molecular weight excluding hydrogens is 212 g/mol. The van der Waals surface area contributed by atoms with Crippen molar-refractivity contribution in [1.29, 1.82) is 0 Å². The maximum absolute atomic E-state index is 3.47. The fourth-order valence-corrected chi connectivity index (χ4v) is 2.30. The highest BCUT2D eigenvalue weighted by molar-refractivity contribution is 9.09. The predicted molar refractivity (Wildman–Crippen MR) is 60.9 cm³/mol. The van der Waals surface area contributed by atoms with Gasteiger partial charge in [-0.3, -0.25) is 0 Å². The Morgan fingerprint density at radius 3 is 2.17 bits per heavy atom. The molecule has 0 heterocycles. The Morgan fingerprint density at radius 2 is 1.75 bits per heavy atom. The smallest absolute Gasteiger partial charge is 0.00313 e. The second-order valence-electron chi connectivity index (χ2n) is 4.91. The van der Waals surface area contributed by atoms with Gasteiger partial charge in [0.1, 0.15) is 0 Å². The van der Waals surface area contributed by atoms with Crippen LogP contribution < -0.4 is 0 Å². The van der Waals surface area contributed by atoms with Crippen molar-refractivity contribution in [2.45, 2.75) is 53.4 Å². The molecule has 0 saturated heterocycles. The first-order valence-corrected chi connectivity index (χ1v) is 6.16. The van der Waals surface area contributed by atoms with Gasteiger partial charge in [0.05, 0.1) is 0 Å². The van der Waals surface area contributed by atoms with Crippen LogP contribution in [0.5, 0.6) is 0 Å². The normalized spacial score (nSPS) is 12.5. The molecule has 0 aromatic carbocycles. The van der Waals surface area contributed by atoms with Gasteiger partial charge < -0.3 is 0 Å². The Kier molecular flexibility index (Phi) is 6.25. The summed E-state index contributed by atoms with van der Waals surface area (Å²) < 4.78 is 0. The molecule has 0 amide bonds. The van der Waals surface area contributed by atoms with Gasteiger partial charge in [0, 0.05) is 5.33 Å². The molecule has 1 heteroatoms. The first-order valence-electron chi connectivity index (χ1n) is 5.04. The molecule has 0 rings (SSSR count). The van der Waals surface area contributed by atoms with Gasteiger partial charge in [-0.2, -0.15) is 0 Å². The third-order valence-corrected chi connectivity index (χ3v) is 2.76. The maximum atomic E-state index is 3.47. The van der Waals surface area contributed by atoms with Crippen molar-refractivity contribution >= 4 is 15.9 Å². The van der Waals surface area contributed by atoms with E-state index in [4.69, 9.17) is 0 Å². The molecule has 74 valence electrons. The van der Waals surface area contributed by atoms with Crippen LogP contribution in [0.25, 0.3) is 0 Å². The maximum Gasteiger partial charge on any atom is 0.00313 e. The second kappa shape index (κ2) is 6.01. The van der Waals surface area contributed by atoms with Crippen LogP contribution in [0.15, 0.2) is 0 Å². The molecule has 0 radical (unpaired) electrons. The summed E-state index contributed by atoms with van der Waals surface area (Å²) in [7, 11) is 0. The quantitative estimate of drug-likeness (QED) is 0.465. The van der Waals surface area contributed by atoms with Crippen LogP contribution in [0.1, 0.15) is 53.4 Å². The molecule has 0 aliphatic heterocycles. The van der Waals surface area contributed by atoms with Crippen LogP contribution in [0.3, 0.4) is 0 Å². The molecule has 0 spiro atoms. The molecule has 0 bridgehead atoms. The molecule has 0 nitrogen and oxygen atoms in total. The Labute approximate surface area is 86.3 Å². The van der Waals surface area contributed by atoms with Crippen LogP contribution in [-0.4, -0.2) is 5.33 Å². The van der Waals surface area contributed by atoms with Gasteiger partial charge in [-0.05, 0) is 30.6 Å². The Balaban J connectivity index is 3.56. The molecule has 0 N–H and O–H groups in total. The summed E-state index contributed by atoms with van der Waals surface area (Å²) in [5.74, 6) is 0.837. The summed E-state index contributed by atoms with van der Waals surface area (Å²) >= 11 is 3.47. The van der Waals surface area contributed by atoms with E-state index in [2.05, 4.69) is 43.6 Å². The monoisotopic (exact) mass is 234 g/mol. The minimum atomic E-state index is 0.552. The van der Waals surface area contributed by atoms with E-state index in [-0.39, 0.29) is 0 Å². The van der Waals surface area contributed by atoms with E-state index >= 15 is 0 Å². The highest BCUT2D eigenvalue weighted by atomic mass is 79.9. The average Bonchev–Trinajstić information content (AvgIpc) is 1.84. The molecule has 0 saturated carbocycles. The molecule has 0 unspecified atom stereocenters. The number of alkyl halides is 1. The Hall–Kier alpha value is 0.480. The van der Waals surface area contributed by atoms with Crippen LogP contribution in [0, 0.1) is 11.3 Å². The molecule has 0 atom stereocenters. The number of unbranched alkanes of at least 4 members (excludes halogenated alkanes) is 1. The van der Waals surface area contributed by atoms with Crippen molar-refractivity contribution < 1.29 is 0 Å². The highest BCUT2D eigenvalue weighted by Crippen LogP contribution is 2.30. The summed E-state index contributed by atoms with van der Waals surface area (Å²) in [6.07, 6.45) is 5.42. The van der Waals surface area contributed by atoms with Gasteiger partial charge in [0.25, 0.3) is 0 Å². The van der Waals surface area contributed by atoms with E-state index in [1.807, 2.05) is 0 Å². The van der Waals surface area contributed by atoms with E-state index in [1.54, 1.807) is 0 Å². The fraction of sp³-hybridized carbons (Fsp3) is 1.00. The molecule has 0 aliphatic carbocycles. The van der Waals surface area contributed by atoms with Crippen LogP contribution in [-0.2, 0) is 0 Å². The lowest BCUT2D eigenvalue weighted by molar-refractivity contribution is 0.259. The zero-order valence-corrected chi connectivity index (χ0v) is 10.6. The average molecular weight is 235 g/mol. The topological polar surface area (TPSA) is 0 Å². The van der Waals surface area contributed by atoms with Crippen molar-refractivity contribution in [3.8, 4) is 0 Å². The van der Waals surface area contributed by atoms with Crippen molar-refractivity contribution in [3.63, 3.8) is 0 Å². The zero-order chi connectivity index (χ0) is 9.61. The van der Waals surface area contributed by atoms with Crippen LogP contribution >= 0.6 is 15.9 Å². The predicted octanol–water partition coefficient (Wildman–Crippen LogP) is 4.62. The molecule has 0 fully saturated rings. The summed E-state index contributed by atoms with van der Waals surface area (Å²) in [5.41, 5.74) is 0.552. The molecule has 0 aromatic heterocycles. The van der Waals surface area contributed by atoms with E-state index in [0.717, 1.165) is 11.2 Å². The van der Waals surface area contributed by atoms with E-state index in [0.29, 0.717) is 5.41 Å². The first kappa shape index (κ1) is 12.5. The lowest BCUT2D eigenvalue weighted by Crippen LogP contribution is -2.14. The van der Waals surface area contributed by atoms with Crippen LogP contribution in [0.4, 0.5) is 0 Å². The zero-order valence-electron chi connectivity index (χ0n) is 8.99. The Bertz CT molecular complexity index is 106. The van der Waals surface area contributed by atoms with Crippen LogP contribution in [0.2, 0.25) is 0 Å². The fourth-order valence-electron chi connectivity index (χ4n) is 1.91. The first-order chi connectivity index (χ1) is 5.48. The minimum Gasteiger partial charge on any atom is -0.0928 e. The molecule has 0 aromatic rings. The third kappa shape index (κ3) is 7.15. The molecule has 0 aliphatic rings. The largest absolute Gasteiger partial charge is 0.0928 e. The van der Waals surface area contributed by atoms with E-state index in [1.165, 1.54) is 25.7 Å². The van der Waals surface area contributed by atoms with Crippen molar-refractivity contribution in [2.75, 3.05) is 5.33 Å². The van der Waals surface area contributed by atoms with Gasteiger partial charge in [-0.1, -0.05) is 50.0 Å². The van der Waals surface area contributed by atoms with E-state index in [9.17, 15) is 0 Å². The van der Waals surface area contributed by atoms with Gasteiger partial charge in [0.15, 0.2) is 0 Å². The van der Waals surface area contributed by atoms with Crippen molar-refractivity contribution in [3.05, 3.63) is 0 Å². The molecule has 12 heavy (non-hydrogen) atoms. The summed E-state index contributed by atoms with van der Waals surface area (Å²) in [6, 6.07) is 0. The van der Waals surface area contributed by atoms with Gasteiger partial charge in [-0.25, -0.2) is 0 Å².